The van der Waals surface area contributed by atoms with Crippen molar-refractivity contribution in [1.29, 1.82) is 0 Å². The number of benzene rings is 1. The fourth-order valence-electron chi connectivity index (χ4n) is 2.82. The molecule has 3 heterocycles. The molecule has 0 bridgehead atoms. The first-order chi connectivity index (χ1) is 14.4. The number of ether oxygens (including phenoxy) is 1. The van der Waals surface area contributed by atoms with Crippen LogP contribution in [0.5, 0.6) is 5.75 Å². The Morgan fingerprint density at radius 3 is 2.70 bits per heavy atom. The molecule has 0 saturated carbocycles. The van der Waals surface area contributed by atoms with Crippen molar-refractivity contribution < 1.29 is 13.7 Å². The predicted molar refractivity (Wildman–Crippen MR) is 112 cm³/mol. The number of nitrogens with zero attached hydrogens (tertiary/aromatic N) is 5. The minimum absolute atomic E-state index is 0.186. The van der Waals surface area contributed by atoms with Gasteiger partial charge in [0.1, 0.15) is 11.5 Å². The maximum Gasteiger partial charge on any atom is 0.232 e. The summed E-state index contributed by atoms with van der Waals surface area (Å²) in [5.74, 6) is 4.07. The molecule has 9 heteroatoms. The van der Waals surface area contributed by atoms with Crippen LogP contribution in [0.4, 0.5) is 0 Å². The van der Waals surface area contributed by atoms with E-state index in [9.17, 15) is 0 Å². The van der Waals surface area contributed by atoms with Gasteiger partial charge in [0.05, 0.1) is 25.7 Å². The van der Waals surface area contributed by atoms with E-state index in [0.29, 0.717) is 24.0 Å². The van der Waals surface area contributed by atoms with Crippen molar-refractivity contribution in [3.05, 3.63) is 60.1 Å². The summed E-state index contributed by atoms with van der Waals surface area (Å²) < 4.78 is 18.3. The highest BCUT2D eigenvalue weighted by atomic mass is 32.2. The molecule has 0 atom stereocenters. The van der Waals surface area contributed by atoms with Crippen LogP contribution in [0.3, 0.4) is 0 Å². The molecule has 0 N–H and O–H groups in total. The monoisotopic (exact) mass is 425 g/mol. The molecule has 0 aliphatic carbocycles. The molecule has 8 nitrogen and oxygen atoms in total. The highest BCUT2D eigenvalue weighted by Gasteiger charge is 2.22. The Kier molecular flexibility index (Phi) is 5.63. The van der Waals surface area contributed by atoms with Crippen molar-refractivity contribution in [2.75, 3.05) is 7.11 Å². The topological polar surface area (TPSA) is 92.0 Å². The lowest BCUT2D eigenvalue weighted by atomic mass is 9.97. The van der Waals surface area contributed by atoms with Gasteiger partial charge in [-0.3, -0.25) is 4.57 Å². The number of furan rings is 1. The van der Waals surface area contributed by atoms with E-state index in [0.717, 1.165) is 28.1 Å². The molecular weight excluding hydrogens is 402 g/mol. The van der Waals surface area contributed by atoms with E-state index >= 15 is 0 Å². The lowest BCUT2D eigenvalue weighted by molar-refractivity contribution is 0.319. The molecule has 0 radical (unpaired) electrons. The van der Waals surface area contributed by atoms with Crippen LogP contribution in [0.1, 0.15) is 38.2 Å². The molecule has 30 heavy (non-hydrogen) atoms. The predicted octanol–water partition coefficient (Wildman–Crippen LogP) is 4.57. The van der Waals surface area contributed by atoms with E-state index in [2.05, 4.69) is 20.3 Å². The Morgan fingerprint density at radius 1 is 1.13 bits per heavy atom. The number of hydrogen-bond donors (Lipinski definition) is 0. The zero-order chi connectivity index (χ0) is 21.1. The summed E-state index contributed by atoms with van der Waals surface area (Å²) in [6, 6.07) is 11.5. The van der Waals surface area contributed by atoms with Gasteiger partial charge in [-0.1, -0.05) is 49.8 Å². The zero-order valence-corrected chi connectivity index (χ0v) is 18.1. The van der Waals surface area contributed by atoms with Crippen LogP contribution in [-0.4, -0.2) is 32.0 Å². The third-order valence-corrected chi connectivity index (χ3v) is 5.34. The molecule has 0 spiro atoms. The number of hydrogen-bond acceptors (Lipinski definition) is 8. The number of aromatic nitrogens is 5. The molecule has 0 aliphatic heterocycles. The lowest BCUT2D eigenvalue weighted by Crippen LogP contribution is -2.11. The molecule has 0 fully saturated rings. The summed E-state index contributed by atoms with van der Waals surface area (Å²) in [5.41, 5.74) is 0.726. The molecule has 1 aromatic carbocycles. The highest BCUT2D eigenvalue weighted by Crippen LogP contribution is 2.29. The average molecular weight is 426 g/mol. The van der Waals surface area contributed by atoms with E-state index in [-0.39, 0.29) is 5.41 Å². The Bertz CT molecular complexity index is 1110. The van der Waals surface area contributed by atoms with Crippen LogP contribution in [-0.2, 0) is 17.7 Å². The Labute approximate surface area is 178 Å². The van der Waals surface area contributed by atoms with Crippen LogP contribution >= 0.6 is 11.8 Å². The Morgan fingerprint density at radius 2 is 2.00 bits per heavy atom. The van der Waals surface area contributed by atoms with Crippen LogP contribution in [0.2, 0.25) is 0 Å². The first kappa shape index (κ1) is 20.2. The summed E-state index contributed by atoms with van der Waals surface area (Å²) in [7, 11) is 1.64. The van der Waals surface area contributed by atoms with Crippen LogP contribution < -0.4 is 4.74 Å². The first-order valence-corrected chi connectivity index (χ1v) is 10.5. The van der Waals surface area contributed by atoms with Gasteiger partial charge >= 0.3 is 0 Å². The van der Waals surface area contributed by atoms with Gasteiger partial charge in [-0.05, 0) is 24.3 Å². The molecule has 0 amide bonds. The van der Waals surface area contributed by atoms with Gasteiger partial charge in [0.25, 0.3) is 0 Å². The molecule has 156 valence electrons. The second-order valence-electron chi connectivity index (χ2n) is 7.76. The molecule has 0 saturated heterocycles. The zero-order valence-electron chi connectivity index (χ0n) is 17.3. The van der Waals surface area contributed by atoms with Crippen molar-refractivity contribution in [2.45, 2.75) is 43.6 Å². The lowest BCUT2D eigenvalue weighted by Gasteiger charge is -2.10. The fourth-order valence-corrected chi connectivity index (χ4v) is 3.60. The summed E-state index contributed by atoms with van der Waals surface area (Å²) in [6.45, 7) is 6.63. The molecule has 0 aliphatic rings. The molecule has 0 unspecified atom stereocenters. The summed E-state index contributed by atoms with van der Waals surface area (Å²) in [6.07, 6.45) is 1.66. The van der Waals surface area contributed by atoms with E-state index in [1.807, 2.05) is 61.7 Å². The second kappa shape index (κ2) is 8.35. The standard InChI is InChI=1S/C21H23N5O3S/c1-21(2,3)19-22-17(25-29-19)13-30-20-24-23-18(14-7-5-8-15(11-14)27-4)26(20)12-16-9-6-10-28-16/h5-11H,12-13H2,1-4H3. The molecular formula is C21H23N5O3S. The second-order valence-corrected chi connectivity index (χ2v) is 8.70. The third kappa shape index (κ3) is 4.40. The molecule has 4 rings (SSSR count). The smallest absolute Gasteiger partial charge is 0.232 e. The third-order valence-electron chi connectivity index (χ3n) is 4.38. The van der Waals surface area contributed by atoms with Crippen LogP contribution in [0.15, 0.2) is 56.8 Å². The number of thioether (sulfide) groups is 1. The quantitative estimate of drug-likeness (QED) is 0.398. The van der Waals surface area contributed by atoms with Gasteiger partial charge in [-0.2, -0.15) is 4.98 Å². The van der Waals surface area contributed by atoms with Crippen molar-refractivity contribution in [1.82, 2.24) is 24.9 Å². The Balaban J connectivity index is 1.62. The van der Waals surface area contributed by atoms with Crippen molar-refractivity contribution in [3.8, 4) is 17.1 Å². The SMILES string of the molecule is COc1cccc(-c2nnc(SCc3noc(C(C)(C)C)n3)n2Cc2ccco2)c1. The van der Waals surface area contributed by atoms with E-state index in [4.69, 9.17) is 13.7 Å². The normalized spacial score (nSPS) is 11.7. The van der Waals surface area contributed by atoms with Crippen LogP contribution in [0, 0.1) is 0 Å². The highest BCUT2D eigenvalue weighted by molar-refractivity contribution is 7.98. The molecule has 4 aromatic rings. The van der Waals surface area contributed by atoms with Crippen LogP contribution in [0.25, 0.3) is 11.4 Å². The van der Waals surface area contributed by atoms with Crippen molar-refractivity contribution in [2.24, 2.45) is 0 Å². The minimum Gasteiger partial charge on any atom is -0.497 e. The van der Waals surface area contributed by atoms with Gasteiger partial charge < -0.3 is 13.7 Å². The number of rotatable bonds is 7. The van der Waals surface area contributed by atoms with Gasteiger partial charge in [-0.25, -0.2) is 0 Å². The maximum absolute atomic E-state index is 5.55. The largest absolute Gasteiger partial charge is 0.497 e. The maximum atomic E-state index is 5.55. The molecule has 3 aromatic heterocycles. The van der Waals surface area contributed by atoms with Gasteiger partial charge in [0.2, 0.25) is 5.89 Å². The minimum atomic E-state index is -0.186. The average Bonchev–Trinajstić information content (AvgIpc) is 3.48. The Hall–Kier alpha value is -3.07. The van der Waals surface area contributed by atoms with E-state index in [1.54, 1.807) is 13.4 Å². The fraction of sp³-hybridized carbons (Fsp3) is 0.333. The summed E-state index contributed by atoms with van der Waals surface area (Å²) in [5, 5.41) is 13.7. The van der Waals surface area contributed by atoms with E-state index < -0.39 is 0 Å². The first-order valence-electron chi connectivity index (χ1n) is 9.50. The van der Waals surface area contributed by atoms with Crippen molar-refractivity contribution >= 4 is 11.8 Å². The summed E-state index contributed by atoms with van der Waals surface area (Å²) in [4.78, 5) is 4.50. The van der Waals surface area contributed by atoms with Gasteiger partial charge in [0, 0.05) is 11.0 Å². The van der Waals surface area contributed by atoms with Gasteiger partial charge in [0.15, 0.2) is 16.8 Å². The van der Waals surface area contributed by atoms with E-state index in [1.165, 1.54) is 11.8 Å². The van der Waals surface area contributed by atoms with Crippen molar-refractivity contribution in [3.63, 3.8) is 0 Å². The summed E-state index contributed by atoms with van der Waals surface area (Å²) >= 11 is 1.50. The number of methoxy groups -OCH3 is 1. The van der Waals surface area contributed by atoms with Gasteiger partial charge in [-0.15, -0.1) is 10.2 Å².